The van der Waals surface area contributed by atoms with Crippen molar-refractivity contribution in [3.05, 3.63) is 331 Å². The molecule has 4 aliphatic heterocycles. The summed E-state index contributed by atoms with van der Waals surface area (Å²) in [4.78, 5) is 57.8. The van der Waals surface area contributed by atoms with E-state index < -0.39 is 5.82 Å². The average molecular weight is 1500 g/mol. The Morgan fingerprint density at radius 3 is 0.991 bits per heavy atom. The molecule has 110 heavy (non-hydrogen) atoms. The second-order valence-corrected chi connectivity index (χ2v) is 27.0. The first-order valence-electron chi connectivity index (χ1n) is 35.7. The molecule has 0 saturated carbocycles. The molecule has 26 heteroatoms. The molecule has 0 N–H and O–H groups in total. The van der Waals surface area contributed by atoms with Gasteiger partial charge in [0.25, 0.3) is 23.6 Å². The number of rotatable bonds is 16. The van der Waals surface area contributed by atoms with Crippen LogP contribution in [0.5, 0.6) is 23.0 Å². The van der Waals surface area contributed by atoms with Crippen LogP contribution < -0.4 is 18.9 Å². The summed E-state index contributed by atoms with van der Waals surface area (Å²) in [6.07, 6.45) is 0. The molecule has 4 amide bonds. The van der Waals surface area contributed by atoms with Crippen LogP contribution in [0.4, 0.5) is 26.3 Å². The number of hydrogen-bond donors (Lipinski definition) is 0. The molecule has 0 saturated heterocycles. The Morgan fingerprint density at radius 1 is 0.309 bits per heavy atom. The topological polar surface area (TPSA) is 189 Å². The second kappa shape index (κ2) is 34.4. The molecule has 0 aliphatic carbocycles. The largest absolute Gasteiger partial charge is 0.487 e. The number of fused-ring (bicyclic) bond motifs is 4. The number of nitrogens with zero attached hydrogens (tertiary/aromatic N) is 12. The summed E-state index contributed by atoms with van der Waals surface area (Å²) in [5.74, 6) is -0.949. The van der Waals surface area contributed by atoms with Crippen LogP contribution in [-0.4, -0.2) is 109 Å². The zero-order valence-electron chi connectivity index (χ0n) is 60.8. The number of benzene rings is 8. The normalized spacial score (nSPS) is 13.3. The zero-order chi connectivity index (χ0) is 77.0. The van der Waals surface area contributed by atoms with Crippen molar-refractivity contribution in [3.8, 4) is 23.0 Å². The van der Waals surface area contributed by atoms with Gasteiger partial charge in [-0.05, 0) is 160 Å². The lowest BCUT2D eigenvalue weighted by atomic mass is 10.1. The van der Waals surface area contributed by atoms with Crippen molar-refractivity contribution in [2.45, 2.75) is 106 Å². The lowest BCUT2D eigenvalue weighted by Crippen LogP contribution is -2.38. The van der Waals surface area contributed by atoms with E-state index in [-0.39, 0.29) is 84.7 Å². The molecule has 12 aromatic rings. The summed E-state index contributed by atoms with van der Waals surface area (Å²) in [6, 6.07) is 55.9. The van der Waals surface area contributed by atoms with Gasteiger partial charge in [0.1, 0.15) is 107 Å². The van der Waals surface area contributed by atoms with Crippen molar-refractivity contribution in [2.75, 3.05) is 26.2 Å². The van der Waals surface area contributed by atoms with E-state index in [4.69, 9.17) is 18.9 Å². The Morgan fingerprint density at radius 2 is 0.636 bits per heavy atom. The van der Waals surface area contributed by atoms with E-state index in [0.717, 1.165) is 50.9 Å². The van der Waals surface area contributed by atoms with Crippen LogP contribution in [0.25, 0.3) is 0 Å². The molecule has 4 aromatic heterocycles. The van der Waals surface area contributed by atoms with E-state index in [1.54, 1.807) is 90.4 Å². The van der Waals surface area contributed by atoms with Crippen molar-refractivity contribution >= 4 is 23.6 Å². The Balaban J connectivity index is 0.000000129. The number of amides is 4. The fourth-order valence-corrected chi connectivity index (χ4v) is 12.8. The minimum Gasteiger partial charge on any atom is -0.487 e. The fourth-order valence-electron chi connectivity index (χ4n) is 12.8. The van der Waals surface area contributed by atoms with Crippen LogP contribution in [0.2, 0.25) is 0 Å². The summed E-state index contributed by atoms with van der Waals surface area (Å²) >= 11 is 0. The monoisotopic (exact) mass is 1500 g/mol. The summed E-state index contributed by atoms with van der Waals surface area (Å²) in [5.41, 5.74) is 11.9. The summed E-state index contributed by atoms with van der Waals surface area (Å²) < 4.78 is 111. The Bertz CT molecular complexity index is 5310. The summed E-state index contributed by atoms with van der Waals surface area (Å²) in [5, 5.41) is 18.0. The first kappa shape index (κ1) is 75.5. The van der Waals surface area contributed by atoms with Gasteiger partial charge in [-0.25, -0.2) is 26.3 Å². The number of ether oxygens (including phenoxy) is 4. The van der Waals surface area contributed by atoms with Gasteiger partial charge >= 0.3 is 0 Å². The maximum atomic E-state index is 14.1. The summed E-state index contributed by atoms with van der Waals surface area (Å²) in [6.45, 7) is 14.7. The van der Waals surface area contributed by atoms with Gasteiger partial charge < -0.3 is 38.5 Å². The standard InChI is InChI=1S/2C21H19F2N3O2.2C21H20FN3O2/c1-14-5-6-15(9-20(14)23)21(27)25-7-8-26-18(12-25)11-17(24-26)13-28-19-4-2-3-16(22)10-19;1-14-5-6-19(20(23)9-14)21(27)25-7-8-26-17(12-25)11-16(24-26)13-28-18-4-2-3-15(22)10-18;1-15-4-2-5-16(10-15)21(26)24-8-9-25-19(13-24)12-18(23-25)14-27-20-7-3-6-17(22)11-20;1-15-5-7-16(8-6-15)21(26)24-9-10-25-19(13-24)12-18(23-25)14-27-20-4-2-3-17(22)11-20/h2*2-6,9-11H,7-8,12-13H2,1H3;2-7,10-12H,8-9,13-14H2,1H3;2-8,11-12H,9-10,13-14H2,1H3. The average Bonchev–Trinajstić information content (AvgIpc) is 1.51. The molecule has 0 unspecified atom stereocenters. The van der Waals surface area contributed by atoms with Crippen molar-refractivity contribution in [3.63, 3.8) is 0 Å². The molecular weight excluding hydrogens is 1420 g/mol. The van der Waals surface area contributed by atoms with Crippen LogP contribution in [0.1, 0.15) is 109 Å². The highest BCUT2D eigenvalue weighted by molar-refractivity contribution is 5.96. The molecule has 8 aromatic carbocycles. The van der Waals surface area contributed by atoms with E-state index in [9.17, 15) is 45.5 Å². The number of carbonyl (C=O) groups is 4. The van der Waals surface area contributed by atoms with Crippen LogP contribution in [0.3, 0.4) is 0 Å². The van der Waals surface area contributed by atoms with Gasteiger partial charge in [0.05, 0.1) is 80.7 Å². The maximum Gasteiger partial charge on any atom is 0.257 e. The molecule has 16 rings (SSSR count). The van der Waals surface area contributed by atoms with E-state index in [0.29, 0.717) is 135 Å². The van der Waals surface area contributed by atoms with Gasteiger partial charge in [-0.1, -0.05) is 71.8 Å². The fraction of sp³-hybridized carbons (Fsp3) is 0.238. The maximum absolute atomic E-state index is 14.1. The van der Waals surface area contributed by atoms with Gasteiger partial charge in [0.15, 0.2) is 0 Å². The van der Waals surface area contributed by atoms with Crippen LogP contribution >= 0.6 is 0 Å². The molecule has 0 spiro atoms. The van der Waals surface area contributed by atoms with Crippen LogP contribution in [-0.2, 0) is 78.8 Å². The predicted octanol–water partition coefficient (Wildman–Crippen LogP) is 14.5. The first-order chi connectivity index (χ1) is 53.1. The summed E-state index contributed by atoms with van der Waals surface area (Å²) in [7, 11) is 0. The van der Waals surface area contributed by atoms with Crippen molar-refractivity contribution in [2.24, 2.45) is 0 Å². The van der Waals surface area contributed by atoms with Gasteiger partial charge in [0, 0.05) is 67.1 Å². The molecule has 0 fully saturated rings. The van der Waals surface area contributed by atoms with Gasteiger partial charge in [0.2, 0.25) is 0 Å². The number of aromatic nitrogens is 8. The van der Waals surface area contributed by atoms with Crippen molar-refractivity contribution < 1.29 is 64.5 Å². The third-order valence-corrected chi connectivity index (χ3v) is 18.6. The Hall–Kier alpha value is -12.7. The molecule has 0 bridgehead atoms. The quantitative estimate of drug-likeness (QED) is 0.0834. The van der Waals surface area contributed by atoms with Gasteiger partial charge in [-0.3, -0.25) is 37.9 Å². The van der Waals surface area contributed by atoms with Crippen LogP contribution in [0, 0.1) is 62.6 Å². The SMILES string of the molecule is Cc1ccc(C(=O)N2CCn3nc(COc4cccc(F)c4)cc3C2)c(F)c1.Cc1ccc(C(=O)N2CCn3nc(COc4cccc(F)c4)cc3C2)cc1.Cc1ccc(C(=O)N2CCn3nc(COc4cccc(F)c4)cc3C2)cc1F.Cc1cccc(C(=O)N2CCn3nc(COc4cccc(F)c4)cc3C2)c1. The second-order valence-electron chi connectivity index (χ2n) is 27.0. The predicted molar refractivity (Wildman–Crippen MR) is 395 cm³/mol. The molecule has 0 atom stereocenters. The molecule has 4 aliphatic rings. The van der Waals surface area contributed by atoms with Crippen LogP contribution in [0.15, 0.2) is 206 Å². The molecule has 0 radical (unpaired) electrons. The Labute approximate surface area is 630 Å². The molecule has 564 valence electrons. The van der Waals surface area contributed by atoms with Crippen molar-refractivity contribution in [1.82, 2.24) is 58.7 Å². The number of hydrogen-bond acceptors (Lipinski definition) is 12. The van der Waals surface area contributed by atoms with E-state index in [1.165, 1.54) is 66.7 Å². The van der Waals surface area contributed by atoms with E-state index >= 15 is 0 Å². The highest BCUT2D eigenvalue weighted by Gasteiger charge is 2.29. The smallest absolute Gasteiger partial charge is 0.257 e. The third kappa shape index (κ3) is 19.3. The van der Waals surface area contributed by atoms with E-state index in [2.05, 4.69) is 20.4 Å². The molecule has 8 heterocycles. The first-order valence-corrected chi connectivity index (χ1v) is 35.7. The third-order valence-electron chi connectivity index (χ3n) is 18.6. The highest BCUT2D eigenvalue weighted by Crippen LogP contribution is 2.26. The lowest BCUT2D eigenvalue weighted by molar-refractivity contribution is 0.0695. The number of carbonyl (C=O) groups excluding carboxylic acids is 4. The van der Waals surface area contributed by atoms with E-state index in [1.807, 2.05) is 115 Å². The minimum atomic E-state index is -0.506. The lowest BCUT2D eigenvalue weighted by Gasteiger charge is -2.27. The van der Waals surface area contributed by atoms with Gasteiger partial charge in [-0.2, -0.15) is 20.4 Å². The number of aryl methyl sites for hydroxylation is 4. The molecular formula is C84H78F6N12O8. The Kier molecular flexibility index (Phi) is 23.6. The minimum absolute atomic E-state index is 0.0278. The van der Waals surface area contributed by atoms with Crippen molar-refractivity contribution in [1.29, 1.82) is 0 Å². The molecule has 20 nitrogen and oxygen atoms in total. The van der Waals surface area contributed by atoms with Gasteiger partial charge in [-0.15, -0.1) is 0 Å². The zero-order valence-corrected chi connectivity index (χ0v) is 60.8. The highest BCUT2D eigenvalue weighted by atomic mass is 19.1. The number of halogens is 6.